The molecule has 0 radical (unpaired) electrons. The summed E-state index contributed by atoms with van der Waals surface area (Å²) in [6.45, 7) is 0.341. The Labute approximate surface area is 141 Å². The summed E-state index contributed by atoms with van der Waals surface area (Å²) in [6, 6.07) is 14.6. The molecule has 1 aliphatic rings. The van der Waals surface area contributed by atoms with Gasteiger partial charge in [0.2, 0.25) is 0 Å². The third-order valence-electron chi connectivity index (χ3n) is 3.18. The summed E-state index contributed by atoms with van der Waals surface area (Å²) >= 11 is 3.39. The number of rotatable bonds is 5. The van der Waals surface area contributed by atoms with E-state index in [2.05, 4.69) is 43.2 Å². The summed E-state index contributed by atoms with van der Waals surface area (Å²) in [7, 11) is 0. The van der Waals surface area contributed by atoms with Crippen LogP contribution >= 0.6 is 15.9 Å². The van der Waals surface area contributed by atoms with Crippen molar-refractivity contribution < 1.29 is 9.53 Å². The number of ether oxygens (including phenoxy) is 1. The van der Waals surface area contributed by atoms with Crippen LogP contribution < -0.4 is 32.0 Å². The second-order valence-electron chi connectivity index (χ2n) is 4.86. The molecular formula is C15H16BrN5O2. The van der Waals surface area contributed by atoms with E-state index in [0.29, 0.717) is 17.9 Å². The maximum Gasteiger partial charge on any atom is 0.259 e. The molecule has 1 heterocycles. The van der Waals surface area contributed by atoms with Crippen LogP contribution in [0.3, 0.4) is 0 Å². The van der Waals surface area contributed by atoms with Crippen molar-refractivity contribution in [2.24, 2.45) is 0 Å². The van der Waals surface area contributed by atoms with Gasteiger partial charge in [-0.05, 0) is 30.3 Å². The zero-order valence-electron chi connectivity index (χ0n) is 12.1. The fourth-order valence-corrected chi connectivity index (χ4v) is 2.43. The van der Waals surface area contributed by atoms with Crippen LogP contribution in [0.25, 0.3) is 0 Å². The molecule has 1 saturated heterocycles. The van der Waals surface area contributed by atoms with Gasteiger partial charge in [0.15, 0.2) is 0 Å². The first-order valence-electron chi connectivity index (χ1n) is 7.02. The van der Waals surface area contributed by atoms with Crippen molar-refractivity contribution in [1.29, 1.82) is 0 Å². The van der Waals surface area contributed by atoms with Gasteiger partial charge in [-0.25, -0.2) is 10.9 Å². The topological polar surface area (TPSA) is 86.5 Å². The number of benzene rings is 2. The lowest BCUT2D eigenvalue weighted by Crippen LogP contribution is -2.39. The van der Waals surface area contributed by atoms with Gasteiger partial charge in [0.05, 0.1) is 5.56 Å². The number of halogens is 1. The van der Waals surface area contributed by atoms with Crippen molar-refractivity contribution in [3.63, 3.8) is 0 Å². The lowest BCUT2D eigenvalue weighted by atomic mass is 10.2. The molecule has 1 aliphatic heterocycles. The maximum absolute atomic E-state index is 12.5. The molecular weight excluding hydrogens is 362 g/mol. The van der Waals surface area contributed by atoms with E-state index in [4.69, 9.17) is 4.74 Å². The molecule has 0 saturated carbocycles. The predicted molar refractivity (Wildman–Crippen MR) is 90.4 cm³/mol. The van der Waals surface area contributed by atoms with Crippen LogP contribution in [-0.2, 0) is 0 Å². The molecule has 8 heteroatoms. The van der Waals surface area contributed by atoms with Gasteiger partial charge in [0.1, 0.15) is 18.5 Å². The maximum atomic E-state index is 12.5. The normalized spacial score (nSPS) is 14.7. The van der Waals surface area contributed by atoms with E-state index in [1.165, 1.54) is 0 Å². The Balaban J connectivity index is 1.73. The van der Waals surface area contributed by atoms with Crippen molar-refractivity contribution >= 4 is 27.5 Å². The quantitative estimate of drug-likeness (QED) is 0.543. The van der Waals surface area contributed by atoms with Gasteiger partial charge in [-0.2, -0.15) is 11.1 Å². The largest absolute Gasteiger partial charge is 0.490 e. The molecule has 23 heavy (non-hydrogen) atoms. The first-order valence-corrected chi connectivity index (χ1v) is 7.81. The van der Waals surface area contributed by atoms with Gasteiger partial charge in [0.25, 0.3) is 5.91 Å². The Morgan fingerprint density at radius 1 is 1.13 bits per heavy atom. The molecule has 0 aromatic heterocycles. The highest BCUT2D eigenvalue weighted by Crippen LogP contribution is 2.24. The Morgan fingerprint density at radius 3 is 2.61 bits per heavy atom. The Morgan fingerprint density at radius 2 is 1.87 bits per heavy atom. The van der Waals surface area contributed by atoms with Crippen molar-refractivity contribution in [2.75, 3.05) is 11.9 Å². The van der Waals surface area contributed by atoms with Crippen LogP contribution in [0.5, 0.6) is 5.75 Å². The number of carbonyl (C=O) groups is 1. The molecule has 0 bridgehead atoms. The molecule has 0 spiro atoms. The van der Waals surface area contributed by atoms with Gasteiger partial charge in [0, 0.05) is 10.2 Å². The highest BCUT2D eigenvalue weighted by Gasteiger charge is 2.17. The summed E-state index contributed by atoms with van der Waals surface area (Å²) in [4.78, 5) is 12.5. The Kier molecular flexibility index (Phi) is 5.21. The van der Waals surface area contributed by atoms with E-state index in [9.17, 15) is 4.79 Å². The summed E-state index contributed by atoms with van der Waals surface area (Å²) < 4.78 is 6.56. The van der Waals surface area contributed by atoms with Crippen LogP contribution in [0.4, 0.5) is 5.69 Å². The number of hydrogen-bond donors (Lipinski definition) is 5. The molecule has 5 N–H and O–H groups in total. The molecule has 2 aromatic carbocycles. The van der Waals surface area contributed by atoms with Gasteiger partial charge >= 0.3 is 0 Å². The number of hydrazine groups is 3. The smallest absolute Gasteiger partial charge is 0.259 e. The van der Waals surface area contributed by atoms with Crippen LogP contribution in [0.1, 0.15) is 10.4 Å². The lowest BCUT2D eigenvalue weighted by molar-refractivity contribution is 0.102. The number of nitrogens with one attached hydrogen (secondary N) is 5. The number of amides is 1. The van der Waals surface area contributed by atoms with Crippen molar-refractivity contribution in [3.05, 3.63) is 58.6 Å². The molecule has 0 aliphatic carbocycles. The number of carbonyl (C=O) groups excluding carboxylic acids is 1. The van der Waals surface area contributed by atoms with Crippen LogP contribution in [-0.4, -0.2) is 18.7 Å². The van der Waals surface area contributed by atoms with Gasteiger partial charge in [-0.3, -0.25) is 4.79 Å². The summed E-state index contributed by atoms with van der Waals surface area (Å²) in [6.07, 6.45) is -0.108. The highest BCUT2D eigenvalue weighted by molar-refractivity contribution is 9.10. The lowest BCUT2D eigenvalue weighted by Gasteiger charge is -2.15. The zero-order chi connectivity index (χ0) is 16.1. The van der Waals surface area contributed by atoms with Crippen molar-refractivity contribution in [1.82, 2.24) is 21.9 Å². The minimum Gasteiger partial charge on any atom is -0.490 e. The molecule has 2 aromatic rings. The molecule has 120 valence electrons. The Hall–Kier alpha value is -1.97. The monoisotopic (exact) mass is 377 g/mol. The zero-order valence-corrected chi connectivity index (χ0v) is 13.7. The molecule has 1 amide bonds. The first kappa shape index (κ1) is 15.9. The number of para-hydroxylation sites is 1. The second-order valence-corrected chi connectivity index (χ2v) is 5.78. The standard InChI is InChI=1S/C15H16BrN5O2/c16-10-6-7-13(23-9-14-18-20-21-19-14)12(8-10)15(22)17-11-4-2-1-3-5-11/h1-8,14,18-21H,9H2,(H,17,22). The van der Waals surface area contributed by atoms with E-state index in [-0.39, 0.29) is 12.1 Å². The molecule has 1 fully saturated rings. The van der Waals surface area contributed by atoms with E-state index in [1.807, 2.05) is 36.4 Å². The average molecular weight is 378 g/mol. The fourth-order valence-electron chi connectivity index (χ4n) is 2.06. The molecule has 0 atom stereocenters. The van der Waals surface area contributed by atoms with Crippen molar-refractivity contribution in [2.45, 2.75) is 6.17 Å². The van der Waals surface area contributed by atoms with E-state index in [1.54, 1.807) is 12.1 Å². The van der Waals surface area contributed by atoms with Crippen LogP contribution in [0, 0.1) is 0 Å². The minimum atomic E-state index is -0.226. The number of anilines is 1. The summed E-state index contributed by atoms with van der Waals surface area (Å²) in [5, 5.41) is 2.86. The summed E-state index contributed by atoms with van der Waals surface area (Å²) in [5.74, 6) is 0.285. The van der Waals surface area contributed by atoms with E-state index >= 15 is 0 Å². The number of hydrogen-bond acceptors (Lipinski definition) is 6. The van der Waals surface area contributed by atoms with Crippen LogP contribution in [0.15, 0.2) is 53.0 Å². The van der Waals surface area contributed by atoms with Gasteiger partial charge in [-0.1, -0.05) is 34.1 Å². The minimum absolute atomic E-state index is 0.108. The van der Waals surface area contributed by atoms with Gasteiger partial charge < -0.3 is 10.1 Å². The van der Waals surface area contributed by atoms with E-state index in [0.717, 1.165) is 10.2 Å². The third-order valence-corrected chi connectivity index (χ3v) is 3.67. The fraction of sp³-hybridized carbons (Fsp3) is 0.133. The summed E-state index contributed by atoms with van der Waals surface area (Å²) in [5.41, 5.74) is 12.5. The molecule has 7 nitrogen and oxygen atoms in total. The molecule has 3 rings (SSSR count). The third kappa shape index (κ3) is 4.27. The predicted octanol–water partition coefficient (Wildman–Crippen LogP) is 1.52. The van der Waals surface area contributed by atoms with Crippen LogP contribution in [0.2, 0.25) is 0 Å². The van der Waals surface area contributed by atoms with Gasteiger partial charge in [-0.15, -0.1) is 0 Å². The first-order chi connectivity index (χ1) is 11.2. The molecule has 0 unspecified atom stereocenters. The Bertz CT molecular complexity index is 677. The highest BCUT2D eigenvalue weighted by atomic mass is 79.9. The SMILES string of the molecule is O=C(Nc1ccccc1)c1cc(Br)ccc1OCC1NNNN1. The second kappa shape index (κ2) is 7.53. The average Bonchev–Trinajstić information content (AvgIpc) is 3.08. The van der Waals surface area contributed by atoms with Crippen molar-refractivity contribution in [3.8, 4) is 5.75 Å². The van der Waals surface area contributed by atoms with E-state index < -0.39 is 0 Å².